The second kappa shape index (κ2) is 8.33. The van der Waals surface area contributed by atoms with Crippen molar-refractivity contribution in [2.24, 2.45) is 0 Å². The molecule has 0 unspecified atom stereocenters. The molecule has 2 rings (SSSR count). The molecule has 0 radical (unpaired) electrons. The van der Waals surface area contributed by atoms with E-state index in [4.69, 9.17) is 9.47 Å². The lowest BCUT2D eigenvalue weighted by atomic mass is 9.99. The van der Waals surface area contributed by atoms with Crippen LogP contribution in [0.1, 0.15) is 56.6 Å². The lowest BCUT2D eigenvalue weighted by molar-refractivity contribution is 0.0581. The maximum absolute atomic E-state index is 12.2. The van der Waals surface area contributed by atoms with Crippen LogP contribution in [0.15, 0.2) is 24.7 Å². The van der Waals surface area contributed by atoms with E-state index in [-0.39, 0.29) is 11.6 Å². The molecule has 0 fully saturated rings. The first-order valence-electron chi connectivity index (χ1n) is 8.91. The number of anilines is 1. The molecule has 0 aliphatic rings. The van der Waals surface area contributed by atoms with E-state index in [9.17, 15) is 9.59 Å². The number of carbonyl (C=O) groups is 2. The van der Waals surface area contributed by atoms with Crippen LogP contribution in [-0.4, -0.2) is 46.8 Å². The lowest BCUT2D eigenvalue weighted by Crippen LogP contribution is -2.34. The number of amides is 1. The van der Waals surface area contributed by atoms with Gasteiger partial charge in [-0.1, -0.05) is 13.8 Å². The normalized spacial score (nSPS) is 11.3. The van der Waals surface area contributed by atoms with Crippen LogP contribution in [0.5, 0.6) is 0 Å². The number of methoxy groups -OCH3 is 1. The Kier molecular flexibility index (Phi) is 6.33. The molecule has 0 N–H and O–H groups in total. The molecular weight excluding hydrogens is 360 g/mol. The van der Waals surface area contributed by atoms with Gasteiger partial charge in [-0.25, -0.2) is 24.5 Å². The van der Waals surface area contributed by atoms with Crippen molar-refractivity contribution >= 4 is 17.7 Å². The average Bonchev–Trinajstić information content (AvgIpc) is 2.65. The van der Waals surface area contributed by atoms with Gasteiger partial charge in [0, 0.05) is 18.8 Å². The van der Waals surface area contributed by atoms with E-state index < -0.39 is 17.7 Å². The molecular formula is C20H26N4O4. The molecule has 0 spiro atoms. The molecule has 0 aliphatic carbocycles. The zero-order valence-corrected chi connectivity index (χ0v) is 17.3. The number of aromatic nitrogens is 3. The maximum Gasteiger partial charge on any atom is 0.414 e. The lowest BCUT2D eigenvalue weighted by Gasteiger charge is -2.24. The average molecular weight is 386 g/mol. The molecule has 0 saturated heterocycles. The van der Waals surface area contributed by atoms with Gasteiger partial charge in [0.25, 0.3) is 0 Å². The van der Waals surface area contributed by atoms with Gasteiger partial charge in [-0.05, 0) is 38.3 Å². The molecule has 8 nitrogen and oxygen atoms in total. The van der Waals surface area contributed by atoms with Crippen molar-refractivity contribution in [3.8, 4) is 11.4 Å². The Labute approximate surface area is 164 Å². The van der Waals surface area contributed by atoms with Crippen molar-refractivity contribution < 1.29 is 19.1 Å². The number of pyridine rings is 1. The minimum Gasteiger partial charge on any atom is -0.464 e. The molecule has 2 aromatic heterocycles. The minimum atomic E-state index is -0.591. The summed E-state index contributed by atoms with van der Waals surface area (Å²) in [5, 5.41) is 0. The first kappa shape index (κ1) is 21.3. The molecule has 0 bridgehead atoms. The summed E-state index contributed by atoms with van der Waals surface area (Å²) in [5.74, 6) is 0.0248. The largest absolute Gasteiger partial charge is 0.464 e. The Hall–Kier alpha value is -3.03. The third-order valence-corrected chi connectivity index (χ3v) is 3.87. The van der Waals surface area contributed by atoms with Gasteiger partial charge in [0.1, 0.15) is 5.60 Å². The smallest absolute Gasteiger partial charge is 0.414 e. The fourth-order valence-corrected chi connectivity index (χ4v) is 2.39. The zero-order chi connectivity index (χ0) is 21.1. The molecule has 150 valence electrons. The number of hydrogen-bond donors (Lipinski definition) is 0. The Morgan fingerprint density at radius 1 is 1.07 bits per heavy atom. The van der Waals surface area contributed by atoms with Crippen LogP contribution in [0.3, 0.4) is 0 Å². The van der Waals surface area contributed by atoms with E-state index >= 15 is 0 Å². The van der Waals surface area contributed by atoms with Crippen LogP contribution in [0, 0.1) is 0 Å². The fraction of sp³-hybridized carbons (Fsp3) is 0.450. The molecule has 0 atom stereocenters. The van der Waals surface area contributed by atoms with Crippen LogP contribution in [0.2, 0.25) is 0 Å². The molecule has 0 saturated carbocycles. The van der Waals surface area contributed by atoms with Gasteiger partial charge < -0.3 is 9.47 Å². The summed E-state index contributed by atoms with van der Waals surface area (Å²) in [4.78, 5) is 38.3. The van der Waals surface area contributed by atoms with Gasteiger partial charge in [0.05, 0.1) is 25.2 Å². The number of carbonyl (C=O) groups excluding carboxylic acids is 2. The highest BCUT2D eigenvalue weighted by molar-refractivity contribution is 5.89. The minimum absolute atomic E-state index is 0.0686. The van der Waals surface area contributed by atoms with Crippen LogP contribution in [-0.2, 0) is 9.47 Å². The van der Waals surface area contributed by atoms with Crippen molar-refractivity contribution in [1.82, 2.24) is 15.0 Å². The zero-order valence-electron chi connectivity index (χ0n) is 17.3. The van der Waals surface area contributed by atoms with Crippen LogP contribution >= 0.6 is 0 Å². The highest BCUT2D eigenvalue weighted by Crippen LogP contribution is 2.25. The van der Waals surface area contributed by atoms with Gasteiger partial charge in [0.15, 0.2) is 11.5 Å². The summed E-state index contributed by atoms with van der Waals surface area (Å²) in [6.45, 7) is 9.33. The van der Waals surface area contributed by atoms with E-state index in [2.05, 4.69) is 15.0 Å². The molecule has 28 heavy (non-hydrogen) atoms. The van der Waals surface area contributed by atoms with Crippen LogP contribution in [0.4, 0.5) is 10.5 Å². The third-order valence-electron chi connectivity index (χ3n) is 3.87. The van der Waals surface area contributed by atoms with E-state index in [1.807, 2.05) is 19.9 Å². The van der Waals surface area contributed by atoms with Crippen molar-refractivity contribution in [2.45, 2.75) is 46.1 Å². The highest BCUT2D eigenvalue weighted by atomic mass is 16.6. The maximum atomic E-state index is 12.2. The molecule has 2 heterocycles. The van der Waals surface area contributed by atoms with Crippen molar-refractivity contribution in [2.75, 3.05) is 19.1 Å². The summed E-state index contributed by atoms with van der Waals surface area (Å²) < 4.78 is 10.1. The summed E-state index contributed by atoms with van der Waals surface area (Å²) in [6, 6.07) is 1.83. The van der Waals surface area contributed by atoms with E-state index in [0.717, 1.165) is 5.56 Å². The summed E-state index contributed by atoms with van der Waals surface area (Å²) in [5.41, 5.74) is 1.61. The number of hydrogen-bond acceptors (Lipinski definition) is 7. The van der Waals surface area contributed by atoms with Gasteiger partial charge in [-0.2, -0.15) is 0 Å². The quantitative estimate of drug-likeness (QED) is 0.737. The van der Waals surface area contributed by atoms with Crippen LogP contribution < -0.4 is 4.90 Å². The number of rotatable bonds is 4. The monoisotopic (exact) mass is 386 g/mol. The van der Waals surface area contributed by atoms with Gasteiger partial charge in [-0.3, -0.25) is 4.90 Å². The number of nitrogens with zero attached hydrogens (tertiary/aromatic N) is 4. The van der Waals surface area contributed by atoms with E-state index in [1.54, 1.807) is 27.8 Å². The Bertz CT molecular complexity index is 857. The summed E-state index contributed by atoms with van der Waals surface area (Å²) in [6.07, 6.45) is 4.12. The fourth-order valence-electron chi connectivity index (χ4n) is 2.39. The van der Waals surface area contributed by atoms with Gasteiger partial charge in [-0.15, -0.1) is 0 Å². The number of esters is 1. The van der Waals surface area contributed by atoms with Crippen molar-refractivity contribution in [3.63, 3.8) is 0 Å². The Balaban J connectivity index is 2.29. The van der Waals surface area contributed by atoms with Gasteiger partial charge in [0.2, 0.25) is 0 Å². The first-order valence-corrected chi connectivity index (χ1v) is 8.91. The highest BCUT2D eigenvalue weighted by Gasteiger charge is 2.21. The Morgan fingerprint density at radius 2 is 1.68 bits per heavy atom. The summed E-state index contributed by atoms with van der Waals surface area (Å²) in [7, 11) is 2.92. The standard InChI is InChI=1S/C20H26N4O4/c1-12(2)15-8-13(9-21-16(15)18(25)27-7)17-22-10-14(11-23-17)24(6)19(26)28-20(3,4)5/h8-12H,1-7H3. The second-order valence-electron chi connectivity index (χ2n) is 7.61. The predicted molar refractivity (Wildman–Crippen MR) is 105 cm³/mol. The first-order chi connectivity index (χ1) is 13.0. The predicted octanol–water partition coefficient (Wildman–Crippen LogP) is 3.82. The number of ether oxygens (including phenoxy) is 2. The van der Waals surface area contributed by atoms with Crippen molar-refractivity contribution in [3.05, 3.63) is 35.9 Å². The molecule has 0 aliphatic heterocycles. The van der Waals surface area contributed by atoms with Crippen LogP contribution in [0.25, 0.3) is 11.4 Å². The van der Waals surface area contributed by atoms with Gasteiger partial charge >= 0.3 is 12.1 Å². The summed E-state index contributed by atoms with van der Waals surface area (Å²) >= 11 is 0. The molecule has 8 heteroatoms. The Morgan fingerprint density at radius 3 is 2.18 bits per heavy atom. The van der Waals surface area contributed by atoms with E-state index in [0.29, 0.717) is 17.1 Å². The molecule has 2 aromatic rings. The second-order valence-corrected chi connectivity index (χ2v) is 7.61. The SMILES string of the molecule is COC(=O)c1ncc(-c2ncc(N(C)C(=O)OC(C)(C)C)cn2)cc1C(C)C. The molecule has 1 amide bonds. The topological polar surface area (TPSA) is 94.5 Å². The molecule has 0 aromatic carbocycles. The third kappa shape index (κ3) is 5.03. The van der Waals surface area contributed by atoms with E-state index in [1.165, 1.54) is 30.6 Å². The van der Waals surface area contributed by atoms with Crippen molar-refractivity contribution in [1.29, 1.82) is 0 Å².